The van der Waals surface area contributed by atoms with Gasteiger partial charge >= 0.3 is 0 Å². The van der Waals surface area contributed by atoms with Gasteiger partial charge in [0.2, 0.25) is 0 Å². The van der Waals surface area contributed by atoms with Crippen LogP contribution < -0.4 is 10.1 Å². The molecule has 0 spiro atoms. The van der Waals surface area contributed by atoms with Crippen LogP contribution in [-0.2, 0) is 13.6 Å². The van der Waals surface area contributed by atoms with Crippen molar-refractivity contribution < 1.29 is 4.74 Å². The van der Waals surface area contributed by atoms with Crippen LogP contribution in [0.25, 0.3) is 0 Å². The van der Waals surface area contributed by atoms with Gasteiger partial charge in [-0.2, -0.15) is 5.10 Å². The summed E-state index contributed by atoms with van der Waals surface area (Å²) >= 11 is 0. The maximum Gasteiger partial charge on any atom is 0.141 e. The number of rotatable bonds is 4. The summed E-state index contributed by atoms with van der Waals surface area (Å²) < 4.78 is 7.23. The van der Waals surface area contributed by atoms with Gasteiger partial charge in [-0.15, -0.1) is 0 Å². The van der Waals surface area contributed by atoms with Crippen molar-refractivity contribution in [1.29, 1.82) is 0 Å². The number of aromatic nitrogens is 2. The molecular formula is C14H19N3O. The predicted octanol–water partition coefficient (Wildman–Crippen LogP) is 2.66. The molecule has 0 radical (unpaired) electrons. The third-order valence-corrected chi connectivity index (χ3v) is 2.91. The minimum Gasteiger partial charge on any atom is -0.495 e. The first kappa shape index (κ1) is 12.5. The van der Waals surface area contributed by atoms with Gasteiger partial charge < -0.3 is 10.1 Å². The molecule has 2 rings (SSSR count). The molecule has 0 amide bonds. The van der Waals surface area contributed by atoms with Crippen molar-refractivity contribution in [3.8, 4) is 5.75 Å². The number of ether oxygens (including phenoxy) is 1. The van der Waals surface area contributed by atoms with Crippen molar-refractivity contribution in [2.24, 2.45) is 7.05 Å². The van der Waals surface area contributed by atoms with E-state index in [9.17, 15) is 0 Å². The second kappa shape index (κ2) is 5.12. The van der Waals surface area contributed by atoms with E-state index in [0.29, 0.717) is 0 Å². The zero-order valence-electron chi connectivity index (χ0n) is 11.3. The zero-order valence-corrected chi connectivity index (χ0v) is 11.3. The summed E-state index contributed by atoms with van der Waals surface area (Å²) in [5.41, 5.74) is 4.40. The van der Waals surface area contributed by atoms with E-state index < -0.39 is 0 Å². The van der Waals surface area contributed by atoms with E-state index in [-0.39, 0.29) is 0 Å². The minimum absolute atomic E-state index is 0.733. The monoisotopic (exact) mass is 245 g/mol. The predicted molar refractivity (Wildman–Crippen MR) is 73.0 cm³/mol. The fourth-order valence-electron chi connectivity index (χ4n) is 1.98. The van der Waals surface area contributed by atoms with Crippen LogP contribution >= 0.6 is 0 Å². The second-order valence-electron chi connectivity index (χ2n) is 4.46. The van der Waals surface area contributed by atoms with E-state index in [2.05, 4.69) is 29.5 Å². The molecule has 18 heavy (non-hydrogen) atoms. The molecule has 2 aromatic rings. The summed E-state index contributed by atoms with van der Waals surface area (Å²) in [6, 6.07) is 8.18. The Morgan fingerprint density at radius 2 is 2.06 bits per heavy atom. The van der Waals surface area contributed by atoms with Gasteiger partial charge in [0.15, 0.2) is 0 Å². The number of anilines is 1. The minimum atomic E-state index is 0.733. The molecule has 0 bridgehead atoms. The maximum absolute atomic E-state index is 5.34. The summed E-state index contributed by atoms with van der Waals surface area (Å²) in [5, 5.41) is 7.72. The number of benzene rings is 1. The summed E-state index contributed by atoms with van der Waals surface area (Å²) in [7, 11) is 3.64. The lowest BCUT2D eigenvalue weighted by Crippen LogP contribution is -2.06. The van der Waals surface area contributed by atoms with Crippen molar-refractivity contribution in [1.82, 2.24) is 9.78 Å². The van der Waals surface area contributed by atoms with Gasteiger partial charge in [-0.25, -0.2) is 0 Å². The van der Waals surface area contributed by atoms with Gasteiger partial charge in [0.1, 0.15) is 5.75 Å². The lowest BCUT2D eigenvalue weighted by Gasteiger charge is -2.12. The van der Waals surface area contributed by atoms with Crippen molar-refractivity contribution in [2.75, 3.05) is 12.4 Å². The van der Waals surface area contributed by atoms with Crippen LogP contribution in [-0.4, -0.2) is 16.9 Å². The Bertz CT molecular complexity index is 546. The molecule has 4 heteroatoms. The lowest BCUT2D eigenvalue weighted by molar-refractivity contribution is 0.416. The summed E-state index contributed by atoms with van der Waals surface area (Å²) in [6.45, 7) is 4.80. The molecule has 0 atom stereocenters. The van der Waals surface area contributed by atoms with Crippen LogP contribution in [0.1, 0.15) is 17.0 Å². The van der Waals surface area contributed by atoms with Crippen LogP contribution in [0.15, 0.2) is 24.3 Å². The highest BCUT2D eigenvalue weighted by atomic mass is 16.5. The number of nitrogens with zero attached hydrogens (tertiary/aromatic N) is 2. The van der Waals surface area contributed by atoms with Gasteiger partial charge in [0.25, 0.3) is 0 Å². The molecule has 0 fully saturated rings. The molecular weight excluding hydrogens is 226 g/mol. The van der Waals surface area contributed by atoms with Crippen molar-refractivity contribution >= 4 is 5.69 Å². The Morgan fingerprint density at radius 3 is 2.67 bits per heavy atom. The van der Waals surface area contributed by atoms with Crippen molar-refractivity contribution in [3.05, 3.63) is 41.2 Å². The van der Waals surface area contributed by atoms with Gasteiger partial charge in [0, 0.05) is 7.05 Å². The van der Waals surface area contributed by atoms with Crippen molar-refractivity contribution in [3.63, 3.8) is 0 Å². The molecule has 0 aliphatic carbocycles. The molecule has 1 heterocycles. The fraction of sp³-hybridized carbons (Fsp3) is 0.357. The number of aryl methyl sites for hydroxylation is 3. The molecule has 0 saturated heterocycles. The number of hydrogen-bond donors (Lipinski definition) is 1. The fourth-order valence-corrected chi connectivity index (χ4v) is 1.98. The smallest absolute Gasteiger partial charge is 0.141 e. The average molecular weight is 245 g/mol. The van der Waals surface area contributed by atoms with E-state index in [1.54, 1.807) is 7.11 Å². The average Bonchev–Trinajstić information content (AvgIpc) is 2.65. The Kier molecular flexibility index (Phi) is 3.55. The maximum atomic E-state index is 5.34. The van der Waals surface area contributed by atoms with Crippen LogP contribution in [0.5, 0.6) is 5.75 Å². The van der Waals surface area contributed by atoms with Gasteiger partial charge in [0.05, 0.1) is 30.7 Å². The highest BCUT2D eigenvalue weighted by Gasteiger charge is 2.05. The first-order valence-corrected chi connectivity index (χ1v) is 5.98. The molecule has 96 valence electrons. The SMILES string of the molecule is COc1ccc(C)cc1NCc1cc(C)nn1C. The Labute approximate surface area is 108 Å². The quantitative estimate of drug-likeness (QED) is 0.900. The third-order valence-electron chi connectivity index (χ3n) is 2.91. The van der Waals surface area contributed by atoms with Gasteiger partial charge in [-0.1, -0.05) is 6.07 Å². The topological polar surface area (TPSA) is 39.1 Å². The number of nitrogens with one attached hydrogen (secondary N) is 1. The van der Waals surface area contributed by atoms with Gasteiger partial charge in [-0.05, 0) is 37.6 Å². The summed E-state index contributed by atoms with van der Waals surface area (Å²) in [4.78, 5) is 0. The largest absolute Gasteiger partial charge is 0.495 e. The second-order valence-corrected chi connectivity index (χ2v) is 4.46. The third kappa shape index (κ3) is 2.64. The first-order chi connectivity index (χ1) is 8.60. The number of hydrogen-bond acceptors (Lipinski definition) is 3. The summed E-state index contributed by atoms with van der Waals surface area (Å²) in [6.07, 6.45) is 0. The molecule has 0 aliphatic heterocycles. The molecule has 4 nitrogen and oxygen atoms in total. The normalized spacial score (nSPS) is 10.4. The van der Waals surface area contributed by atoms with E-state index in [1.807, 2.05) is 30.8 Å². The number of methoxy groups -OCH3 is 1. The Morgan fingerprint density at radius 1 is 1.28 bits per heavy atom. The van der Waals surface area contributed by atoms with Crippen molar-refractivity contribution in [2.45, 2.75) is 20.4 Å². The van der Waals surface area contributed by atoms with Crippen LogP contribution in [0.2, 0.25) is 0 Å². The molecule has 1 aromatic heterocycles. The van der Waals surface area contributed by atoms with Crippen LogP contribution in [0.3, 0.4) is 0 Å². The highest BCUT2D eigenvalue weighted by Crippen LogP contribution is 2.25. The Hall–Kier alpha value is -1.97. The van der Waals surface area contributed by atoms with E-state index in [4.69, 9.17) is 4.74 Å². The molecule has 0 unspecified atom stereocenters. The summed E-state index contributed by atoms with van der Waals surface area (Å²) in [5.74, 6) is 0.861. The zero-order chi connectivity index (χ0) is 13.1. The van der Waals surface area contributed by atoms with Gasteiger partial charge in [-0.3, -0.25) is 4.68 Å². The highest BCUT2D eigenvalue weighted by molar-refractivity contribution is 5.58. The van der Waals surface area contributed by atoms with E-state index in [1.165, 1.54) is 5.56 Å². The lowest BCUT2D eigenvalue weighted by atomic mass is 10.2. The molecule has 1 aromatic carbocycles. The standard InChI is InChI=1S/C14H19N3O/c1-10-5-6-14(18-4)13(7-10)15-9-12-8-11(2)16-17(12)3/h5-8,15H,9H2,1-4H3. The molecule has 1 N–H and O–H groups in total. The van der Waals surface area contributed by atoms with E-state index in [0.717, 1.165) is 29.4 Å². The van der Waals surface area contributed by atoms with Crippen LogP contribution in [0, 0.1) is 13.8 Å². The Balaban J connectivity index is 2.14. The first-order valence-electron chi connectivity index (χ1n) is 5.98. The molecule has 0 saturated carbocycles. The van der Waals surface area contributed by atoms with Crippen LogP contribution in [0.4, 0.5) is 5.69 Å². The van der Waals surface area contributed by atoms with E-state index >= 15 is 0 Å². The molecule has 0 aliphatic rings.